The summed E-state index contributed by atoms with van der Waals surface area (Å²) in [6.07, 6.45) is 4.98. The van der Waals surface area contributed by atoms with Crippen molar-refractivity contribution in [1.82, 2.24) is 14.3 Å². The van der Waals surface area contributed by atoms with Crippen LogP contribution in [0.1, 0.15) is 37.0 Å². The van der Waals surface area contributed by atoms with Gasteiger partial charge in [0, 0.05) is 18.8 Å². The van der Waals surface area contributed by atoms with Crippen LogP contribution in [-0.4, -0.2) is 37.1 Å². The minimum atomic E-state index is -0.222. The predicted molar refractivity (Wildman–Crippen MR) is 140 cm³/mol. The molecule has 4 rings (SSSR count). The number of hydrogen-bond acceptors (Lipinski definition) is 6. The first-order valence-electron chi connectivity index (χ1n) is 11.0. The molecule has 170 valence electrons. The van der Waals surface area contributed by atoms with E-state index in [0.717, 1.165) is 18.4 Å². The summed E-state index contributed by atoms with van der Waals surface area (Å²) >= 11 is 6.68. The molecule has 0 bridgehead atoms. The van der Waals surface area contributed by atoms with Gasteiger partial charge in [-0.25, -0.2) is 4.98 Å². The lowest BCUT2D eigenvalue weighted by Gasteiger charge is -2.21. The van der Waals surface area contributed by atoms with E-state index in [0.29, 0.717) is 32.8 Å². The Balaban J connectivity index is 1.73. The SMILES string of the molecule is CCC(C)N1C(=O)/C(=C\c2c(NCCc3ccccc3)nc3ccc(C)cn3c2=O)SC1=S. The minimum absolute atomic E-state index is 0.00495. The Kier molecular flexibility index (Phi) is 6.95. The zero-order chi connectivity index (χ0) is 23.5. The Morgan fingerprint density at radius 2 is 1.94 bits per heavy atom. The number of anilines is 1. The third-order valence-corrected chi connectivity index (χ3v) is 7.02. The molecule has 6 nitrogen and oxygen atoms in total. The van der Waals surface area contributed by atoms with Gasteiger partial charge in [-0.05, 0) is 50.0 Å². The van der Waals surface area contributed by atoms with Gasteiger partial charge in [-0.2, -0.15) is 0 Å². The quantitative estimate of drug-likeness (QED) is 0.394. The van der Waals surface area contributed by atoms with Gasteiger partial charge in [0.05, 0.1) is 10.5 Å². The summed E-state index contributed by atoms with van der Waals surface area (Å²) in [5.41, 5.74) is 2.83. The molecule has 1 N–H and O–H groups in total. The maximum absolute atomic E-state index is 13.5. The van der Waals surface area contributed by atoms with Crippen molar-refractivity contribution in [3.63, 3.8) is 0 Å². The maximum atomic E-state index is 13.5. The first kappa shape index (κ1) is 23.2. The molecule has 2 aromatic heterocycles. The fourth-order valence-corrected chi connectivity index (χ4v) is 5.11. The van der Waals surface area contributed by atoms with Crippen LogP contribution in [0.2, 0.25) is 0 Å². The molecule has 1 atom stereocenters. The molecule has 3 heterocycles. The van der Waals surface area contributed by atoms with Crippen molar-refractivity contribution in [3.8, 4) is 0 Å². The largest absolute Gasteiger partial charge is 0.369 e. The van der Waals surface area contributed by atoms with Crippen LogP contribution in [0.5, 0.6) is 0 Å². The number of aryl methyl sites for hydroxylation is 1. The van der Waals surface area contributed by atoms with Crippen molar-refractivity contribution in [1.29, 1.82) is 0 Å². The molecule has 1 aromatic carbocycles. The van der Waals surface area contributed by atoms with Gasteiger partial charge in [-0.15, -0.1) is 0 Å². The standard InChI is InChI=1S/C25H26N4O2S2/c1-4-17(3)29-24(31)20(33-25(29)32)14-19-22(26-13-12-18-8-6-5-7-9-18)27-21-11-10-16(2)15-28(21)23(19)30/h5-11,14-15,17,26H,4,12-13H2,1-3H3/b20-14+. The third-order valence-electron chi connectivity index (χ3n) is 5.69. The second-order valence-corrected chi connectivity index (χ2v) is 9.76. The first-order chi connectivity index (χ1) is 15.9. The van der Waals surface area contributed by atoms with E-state index < -0.39 is 0 Å². The highest BCUT2D eigenvalue weighted by molar-refractivity contribution is 8.26. The van der Waals surface area contributed by atoms with Crippen LogP contribution in [0.15, 0.2) is 58.4 Å². The summed E-state index contributed by atoms with van der Waals surface area (Å²) in [6, 6.07) is 13.9. The van der Waals surface area contributed by atoms with Crippen LogP contribution >= 0.6 is 24.0 Å². The second kappa shape index (κ2) is 9.89. The molecule has 1 unspecified atom stereocenters. The number of fused-ring (bicyclic) bond motifs is 1. The van der Waals surface area contributed by atoms with Gasteiger partial charge in [0.2, 0.25) is 0 Å². The summed E-state index contributed by atoms with van der Waals surface area (Å²) in [4.78, 5) is 33.3. The monoisotopic (exact) mass is 478 g/mol. The molecule has 3 aromatic rings. The first-order valence-corrected chi connectivity index (χ1v) is 12.2. The Labute approximate surface area is 202 Å². The number of aromatic nitrogens is 2. The van der Waals surface area contributed by atoms with E-state index >= 15 is 0 Å². The number of carbonyl (C=O) groups is 1. The average molecular weight is 479 g/mol. The predicted octanol–water partition coefficient (Wildman–Crippen LogP) is 4.66. The zero-order valence-electron chi connectivity index (χ0n) is 18.9. The van der Waals surface area contributed by atoms with Crippen LogP contribution in [0.4, 0.5) is 5.82 Å². The number of thiocarbonyl (C=S) groups is 1. The molecule has 0 radical (unpaired) electrons. The number of thioether (sulfide) groups is 1. The van der Waals surface area contributed by atoms with Crippen molar-refractivity contribution in [2.75, 3.05) is 11.9 Å². The number of hydrogen-bond donors (Lipinski definition) is 1. The third kappa shape index (κ3) is 4.86. The molecule has 0 saturated carbocycles. The van der Waals surface area contributed by atoms with Crippen LogP contribution in [0, 0.1) is 6.92 Å². The molecule has 1 amide bonds. The van der Waals surface area contributed by atoms with E-state index in [1.807, 2.05) is 51.1 Å². The smallest absolute Gasteiger partial charge is 0.267 e. The summed E-state index contributed by atoms with van der Waals surface area (Å²) in [5.74, 6) is 0.303. The lowest BCUT2D eigenvalue weighted by atomic mass is 10.1. The maximum Gasteiger partial charge on any atom is 0.267 e. The van der Waals surface area contributed by atoms with Gasteiger partial charge >= 0.3 is 0 Å². The minimum Gasteiger partial charge on any atom is -0.369 e. The van der Waals surface area contributed by atoms with Crippen LogP contribution < -0.4 is 10.9 Å². The molecule has 8 heteroatoms. The van der Waals surface area contributed by atoms with Crippen molar-refractivity contribution in [2.24, 2.45) is 0 Å². The number of pyridine rings is 1. The average Bonchev–Trinajstić information content (AvgIpc) is 3.09. The lowest BCUT2D eigenvalue weighted by Crippen LogP contribution is -2.36. The number of nitrogens with zero attached hydrogens (tertiary/aromatic N) is 3. The van der Waals surface area contributed by atoms with Gasteiger partial charge in [0.1, 0.15) is 15.8 Å². The summed E-state index contributed by atoms with van der Waals surface area (Å²) in [7, 11) is 0. The van der Waals surface area contributed by atoms with Crippen molar-refractivity contribution < 1.29 is 4.79 Å². The fraction of sp³-hybridized carbons (Fsp3) is 0.280. The van der Waals surface area contributed by atoms with Crippen LogP contribution in [0.25, 0.3) is 11.7 Å². The van der Waals surface area contributed by atoms with Gasteiger partial charge in [-0.3, -0.25) is 18.9 Å². The number of benzene rings is 1. The molecule has 0 spiro atoms. The Morgan fingerprint density at radius 3 is 2.67 bits per heavy atom. The zero-order valence-corrected chi connectivity index (χ0v) is 20.5. The Morgan fingerprint density at radius 1 is 1.18 bits per heavy atom. The normalized spacial score (nSPS) is 16.1. The van der Waals surface area contributed by atoms with Crippen molar-refractivity contribution in [3.05, 3.63) is 80.6 Å². The van der Waals surface area contributed by atoms with Crippen LogP contribution in [0.3, 0.4) is 0 Å². The van der Waals surface area contributed by atoms with Gasteiger partial charge in [0.25, 0.3) is 11.5 Å². The molecule has 0 aliphatic carbocycles. The van der Waals surface area contributed by atoms with E-state index in [4.69, 9.17) is 17.2 Å². The molecule has 1 saturated heterocycles. The Hall–Kier alpha value is -2.97. The van der Waals surface area contributed by atoms with E-state index in [2.05, 4.69) is 17.4 Å². The summed E-state index contributed by atoms with van der Waals surface area (Å²) in [6.45, 7) is 6.52. The van der Waals surface area contributed by atoms with E-state index in [1.165, 1.54) is 21.7 Å². The van der Waals surface area contributed by atoms with Gasteiger partial charge in [-0.1, -0.05) is 67.3 Å². The molecular formula is C25H26N4O2S2. The molecule has 1 fully saturated rings. The van der Waals surface area contributed by atoms with Crippen LogP contribution in [-0.2, 0) is 11.2 Å². The van der Waals surface area contributed by atoms with Crippen molar-refractivity contribution in [2.45, 2.75) is 39.7 Å². The van der Waals surface area contributed by atoms with E-state index in [9.17, 15) is 9.59 Å². The molecule has 1 aliphatic heterocycles. The number of amides is 1. The van der Waals surface area contributed by atoms with E-state index in [1.54, 1.807) is 17.2 Å². The van der Waals surface area contributed by atoms with Crippen molar-refractivity contribution >= 4 is 51.7 Å². The Bertz CT molecular complexity index is 1300. The highest BCUT2D eigenvalue weighted by Crippen LogP contribution is 2.34. The highest BCUT2D eigenvalue weighted by atomic mass is 32.2. The molecule has 1 aliphatic rings. The highest BCUT2D eigenvalue weighted by Gasteiger charge is 2.35. The van der Waals surface area contributed by atoms with Gasteiger partial charge in [0.15, 0.2) is 0 Å². The number of rotatable bonds is 7. The molecule has 33 heavy (non-hydrogen) atoms. The summed E-state index contributed by atoms with van der Waals surface area (Å²) < 4.78 is 2.04. The lowest BCUT2D eigenvalue weighted by molar-refractivity contribution is -0.123. The topological polar surface area (TPSA) is 66.7 Å². The second-order valence-electron chi connectivity index (χ2n) is 8.09. The van der Waals surface area contributed by atoms with Gasteiger partial charge < -0.3 is 5.32 Å². The van der Waals surface area contributed by atoms with E-state index in [-0.39, 0.29) is 17.5 Å². The summed E-state index contributed by atoms with van der Waals surface area (Å²) in [5, 5.41) is 3.32. The molecular weight excluding hydrogens is 452 g/mol. The number of nitrogens with one attached hydrogen (secondary N) is 1. The number of carbonyl (C=O) groups excluding carboxylic acids is 1. The fourth-order valence-electron chi connectivity index (χ4n) is 3.67.